The zero-order chi connectivity index (χ0) is 15.7. The van der Waals surface area contributed by atoms with Crippen LogP contribution >= 0.6 is 0 Å². The van der Waals surface area contributed by atoms with Gasteiger partial charge in [-0.15, -0.1) is 0 Å². The van der Waals surface area contributed by atoms with Crippen LogP contribution in [0.2, 0.25) is 0 Å². The molecule has 2 aliphatic rings. The summed E-state index contributed by atoms with van der Waals surface area (Å²) in [5, 5.41) is 2.83. The molecular weight excluding hydrogens is 280 g/mol. The van der Waals surface area contributed by atoms with E-state index in [1.54, 1.807) is 6.92 Å². The maximum absolute atomic E-state index is 12.6. The van der Waals surface area contributed by atoms with Crippen molar-refractivity contribution < 1.29 is 14.3 Å². The molecule has 0 bridgehead atoms. The summed E-state index contributed by atoms with van der Waals surface area (Å²) in [6.45, 7) is 3.44. The van der Waals surface area contributed by atoms with Gasteiger partial charge in [-0.2, -0.15) is 0 Å². The van der Waals surface area contributed by atoms with Crippen LogP contribution in [0.25, 0.3) is 0 Å². The number of rotatable bonds is 2. The summed E-state index contributed by atoms with van der Waals surface area (Å²) in [6, 6.07) is 7.58. The molecule has 118 valence electrons. The summed E-state index contributed by atoms with van der Waals surface area (Å²) in [5.74, 6) is -0.694. The lowest BCUT2D eigenvalue weighted by molar-refractivity contribution is -0.165. The molecule has 0 saturated carbocycles. The Bertz CT molecular complexity index is 601. The minimum Gasteiger partial charge on any atom is -0.460 e. The number of piperidine rings is 1. The molecule has 2 aliphatic heterocycles. The minimum absolute atomic E-state index is 0.118. The first-order chi connectivity index (χ1) is 10.5. The molecule has 2 atom stereocenters. The van der Waals surface area contributed by atoms with Gasteiger partial charge >= 0.3 is 5.97 Å². The molecule has 5 nitrogen and oxygen atoms in total. The Labute approximate surface area is 130 Å². The highest BCUT2D eigenvalue weighted by Gasteiger charge is 2.46. The lowest BCUT2D eigenvalue weighted by atomic mass is 9.79. The molecular formula is C17H22N2O3. The van der Waals surface area contributed by atoms with Crippen LogP contribution in [0.5, 0.6) is 0 Å². The molecule has 1 fully saturated rings. The zero-order valence-electron chi connectivity index (χ0n) is 13.1. The Hall–Kier alpha value is -1.88. The van der Waals surface area contributed by atoms with Crippen molar-refractivity contribution >= 4 is 17.6 Å². The first kappa shape index (κ1) is 15.0. The van der Waals surface area contributed by atoms with E-state index in [0.29, 0.717) is 6.42 Å². The number of fused-ring (bicyclic) bond motifs is 1. The molecule has 5 heteroatoms. The summed E-state index contributed by atoms with van der Waals surface area (Å²) in [5.41, 5.74) is 0.613. The third-order valence-corrected chi connectivity index (χ3v) is 4.62. The summed E-state index contributed by atoms with van der Waals surface area (Å²) >= 11 is 0. The van der Waals surface area contributed by atoms with E-state index >= 15 is 0 Å². The van der Waals surface area contributed by atoms with Crippen LogP contribution < -0.4 is 5.32 Å². The van der Waals surface area contributed by atoms with Gasteiger partial charge in [0.1, 0.15) is 11.5 Å². The number of carbonyl (C=O) groups excluding carboxylic acids is 2. The molecule has 1 saturated heterocycles. The fourth-order valence-electron chi connectivity index (χ4n) is 3.18. The van der Waals surface area contributed by atoms with E-state index < -0.39 is 11.4 Å². The van der Waals surface area contributed by atoms with Crippen LogP contribution in [-0.2, 0) is 20.7 Å². The number of carbonyl (C=O) groups is 2. The van der Waals surface area contributed by atoms with Crippen LogP contribution in [-0.4, -0.2) is 43.0 Å². The maximum Gasteiger partial charge on any atom is 0.322 e. The Kier molecular flexibility index (Phi) is 3.91. The highest BCUT2D eigenvalue weighted by Crippen LogP contribution is 2.35. The molecule has 3 rings (SSSR count). The molecule has 2 unspecified atom stereocenters. The summed E-state index contributed by atoms with van der Waals surface area (Å²) in [6.07, 6.45) is 2.15. The first-order valence-corrected chi connectivity index (χ1v) is 7.78. The second-order valence-electron chi connectivity index (χ2n) is 6.55. The lowest BCUT2D eigenvalue weighted by Crippen LogP contribution is -2.49. The van der Waals surface area contributed by atoms with Crippen molar-refractivity contribution in [3.63, 3.8) is 0 Å². The number of hydrogen-bond acceptors (Lipinski definition) is 4. The number of likely N-dealkylation sites (N-methyl/N-ethyl adjacent to an activating group) is 1. The van der Waals surface area contributed by atoms with Crippen molar-refractivity contribution in [2.75, 3.05) is 25.5 Å². The van der Waals surface area contributed by atoms with Gasteiger partial charge in [-0.1, -0.05) is 18.2 Å². The van der Waals surface area contributed by atoms with Gasteiger partial charge in [0.15, 0.2) is 0 Å². The Morgan fingerprint density at radius 3 is 2.95 bits per heavy atom. The average molecular weight is 302 g/mol. The molecule has 0 aliphatic carbocycles. The second kappa shape index (κ2) is 5.72. The van der Waals surface area contributed by atoms with Crippen molar-refractivity contribution in [3.05, 3.63) is 29.8 Å². The molecule has 2 heterocycles. The predicted molar refractivity (Wildman–Crippen MR) is 83.5 cm³/mol. The van der Waals surface area contributed by atoms with E-state index in [1.165, 1.54) is 0 Å². The predicted octanol–water partition coefficient (Wildman–Crippen LogP) is 1.82. The number of amides is 1. The number of nitrogens with zero attached hydrogens (tertiary/aromatic N) is 1. The summed E-state index contributed by atoms with van der Waals surface area (Å²) in [4.78, 5) is 27.2. The Morgan fingerprint density at radius 1 is 1.41 bits per heavy atom. The van der Waals surface area contributed by atoms with E-state index in [0.717, 1.165) is 37.2 Å². The first-order valence-electron chi connectivity index (χ1n) is 7.78. The van der Waals surface area contributed by atoms with Crippen molar-refractivity contribution in [2.24, 2.45) is 5.41 Å². The summed E-state index contributed by atoms with van der Waals surface area (Å²) < 4.78 is 5.65. The molecule has 0 spiro atoms. The highest BCUT2D eigenvalue weighted by atomic mass is 16.5. The van der Waals surface area contributed by atoms with Crippen molar-refractivity contribution in [2.45, 2.75) is 32.3 Å². The van der Waals surface area contributed by atoms with Crippen LogP contribution in [0.15, 0.2) is 24.3 Å². The van der Waals surface area contributed by atoms with E-state index in [4.69, 9.17) is 4.74 Å². The number of hydrogen-bond donors (Lipinski definition) is 1. The third-order valence-electron chi connectivity index (χ3n) is 4.62. The van der Waals surface area contributed by atoms with E-state index in [9.17, 15) is 9.59 Å². The lowest BCUT2D eigenvalue weighted by Gasteiger charge is -2.35. The van der Waals surface area contributed by atoms with Gasteiger partial charge < -0.3 is 15.0 Å². The third kappa shape index (κ3) is 2.73. The number of likely N-dealkylation sites (tertiary alicyclic amines) is 1. The fraction of sp³-hybridized carbons (Fsp3) is 0.529. The van der Waals surface area contributed by atoms with Gasteiger partial charge in [0.25, 0.3) is 0 Å². The Balaban J connectivity index is 1.75. The zero-order valence-corrected chi connectivity index (χ0v) is 13.1. The van der Waals surface area contributed by atoms with Gasteiger partial charge in [0, 0.05) is 12.2 Å². The second-order valence-corrected chi connectivity index (χ2v) is 6.55. The number of esters is 1. The normalized spacial score (nSPS) is 28.6. The highest BCUT2D eigenvalue weighted by molar-refractivity contribution is 6.10. The van der Waals surface area contributed by atoms with Crippen LogP contribution in [0.4, 0.5) is 5.69 Å². The summed E-state index contributed by atoms with van der Waals surface area (Å²) in [7, 11) is 2.02. The average Bonchev–Trinajstić information content (AvgIpc) is 2.48. The van der Waals surface area contributed by atoms with Crippen molar-refractivity contribution in [1.82, 2.24) is 4.90 Å². The van der Waals surface area contributed by atoms with Crippen LogP contribution in [0.3, 0.4) is 0 Å². The molecule has 1 aromatic carbocycles. The van der Waals surface area contributed by atoms with Crippen molar-refractivity contribution in [1.29, 1.82) is 0 Å². The number of para-hydroxylation sites is 1. The molecule has 1 amide bonds. The quantitative estimate of drug-likeness (QED) is 0.669. The number of anilines is 1. The molecule has 0 radical (unpaired) electrons. The molecule has 1 aromatic rings. The maximum atomic E-state index is 12.6. The fourth-order valence-corrected chi connectivity index (χ4v) is 3.18. The van der Waals surface area contributed by atoms with Crippen LogP contribution in [0, 0.1) is 5.41 Å². The number of ether oxygens (including phenoxy) is 1. The van der Waals surface area contributed by atoms with Crippen LogP contribution in [0.1, 0.15) is 25.3 Å². The monoisotopic (exact) mass is 302 g/mol. The van der Waals surface area contributed by atoms with E-state index in [2.05, 4.69) is 10.2 Å². The van der Waals surface area contributed by atoms with Gasteiger partial charge in [-0.25, -0.2) is 0 Å². The van der Waals surface area contributed by atoms with E-state index in [-0.39, 0.29) is 12.0 Å². The minimum atomic E-state index is -1.15. The van der Waals surface area contributed by atoms with Gasteiger partial charge in [0.2, 0.25) is 5.91 Å². The van der Waals surface area contributed by atoms with Gasteiger partial charge in [-0.3, -0.25) is 9.59 Å². The van der Waals surface area contributed by atoms with Gasteiger partial charge in [-0.05, 0) is 51.4 Å². The number of nitrogens with one attached hydrogen (secondary N) is 1. The van der Waals surface area contributed by atoms with E-state index in [1.807, 2.05) is 31.3 Å². The smallest absolute Gasteiger partial charge is 0.322 e. The topological polar surface area (TPSA) is 58.6 Å². The molecule has 1 N–H and O–H groups in total. The SMILES string of the molecule is CN1CCCC(OC(=O)C2(C)Cc3ccccc3NC2=O)C1. The largest absolute Gasteiger partial charge is 0.460 e. The van der Waals surface area contributed by atoms with Crippen molar-refractivity contribution in [3.8, 4) is 0 Å². The molecule has 0 aromatic heterocycles. The molecule has 22 heavy (non-hydrogen) atoms. The van der Waals surface area contributed by atoms with Gasteiger partial charge in [0.05, 0.1) is 0 Å². The Morgan fingerprint density at radius 2 is 2.18 bits per heavy atom. The number of benzene rings is 1. The standard InChI is InChI=1S/C17H22N2O3/c1-17(16(21)22-13-7-5-9-19(2)11-13)10-12-6-3-4-8-14(12)18-15(17)20/h3-4,6,8,13H,5,7,9-11H2,1-2H3,(H,18,20).